The van der Waals surface area contributed by atoms with Crippen molar-refractivity contribution in [2.75, 3.05) is 11.3 Å². The number of carbonyl (C=O) groups is 1. The van der Waals surface area contributed by atoms with Crippen LogP contribution in [-0.2, 0) is 10.0 Å². The summed E-state index contributed by atoms with van der Waals surface area (Å²) in [7, 11) is -3.84. The van der Waals surface area contributed by atoms with E-state index < -0.39 is 15.9 Å². The van der Waals surface area contributed by atoms with Crippen LogP contribution in [0.1, 0.15) is 16.1 Å². The Labute approximate surface area is 126 Å². The molecule has 114 valence electrons. The molecule has 2 heterocycles. The Hall–Kier alpha value is -2.81. The number of hydrogen-bond donors (Lipinski definition) is 3. The van der Waals surface area contributed by atoms with E-state index in [0.29, 0.717) is 11.3 Å². The molecule has 0 saturated carbocycles. The van der Waals surface area contributed by atoms with Gasteiger partial charge in [0.25, 0.3) is 15.9 Å². The molecule has 9 heteroatoms. The van der Waals surface area contributed by atoms with Crippen LogP contribution >= 0.6 is 0 Å². The summed E-state index contributed by atoms with van der Waals surface area (Å²) < 4.78 is 32.3. The van der Waals surface area contributed by atoms with Crippen molar-refractivity contribution >= 4 is 27.8 Å². The van der Waals surface area contributed by atoms with Gasteiger partial charge in [0.05, 0.1) is 0 Å². The summed E-state index contributed by atoms with van der Waals surface area (Å²) in [6.45, 7) is -0.0839. The largest absolute Gasteiger partial charge is 0.487 e. The van der Waals surface area contributed by atoms with E-state index in [1.165, 1.54) is 12.1 Å². The molecule has 8 nitrogen and oxygen atoms in total. The fourth-order valence-corrected chi connectivity index (χ4v) is 2.96. The van der Waals surface area contributed by atoms with Gasteiger partial charge in [0.15, 0.2) is 5.82 Å². The summed E-state index contributed by atoms with van der Waals surface area (Å²) >= 11 is 0. The maximum Gasteiger partial charge on any atom is 0.266 e. The first-order chi connectivity index (χ1) is 10.5. The number of sulfonamides is 1. The number of nitrogens with one attached hydrogen (secondary N) is 2. The van der Waals surface area contributed by atoms with Crippen molar-refractivity contribution in [3.63, 3.8) is 0 Å². The number of para-hydroxylation sites is 1. The van der Waals surface area contributed by atoms with Gasteiger partial charge in [-0.05, 0) is 12.1 Å². The number of benzene rings is 1. The van der Waals surface area contributed by atoms with Crippen LogP contribution < -0.4 is 15.2 Å². The molecular formula is C13H12N4O4S. The van der Waals surface area contributed by atoms with Gasteiger partial charge in [-0.1, -0.05) is 18.2 Å². The van der Waals surface area contributed by atoms with Gasteiger partial charge in [0.1, 0.15) is 23.0 Å². The summed E-state index contributed by atoms with van der Waals surface area (Å²) in [5, 5.41) is 6.02. The standard InChI is InChI=1S/C13H12N4O4S/c14-13(18)10-6-12(16-15-10)17-22(19,20)9-5-8-3-1-2-4-11(8)21-7-9/h1-6H,7H2,(H2,14,18)(H2,15,16,17). The van der Waals surface area contributed by atoms with Crippen LogP contribution in [0.5, 0.6) is 5.75 Å². The molecule has 0 bridgehead atoms. The lowest BCUT2D eigenvalue weighted by atomic mass is 10.1. The number of nitrogens with two attached hydrogens (primary N) is 1. The SMILES string of the molecule is NC(=O)c1cc(NS(=O)(=O)C2=Cc3ccccc3OC2)n[nH]1. The van der Waals surface area contributed by atoms with Gasteiger partial charge in [0.2, 0.25) is 0 Å². The average molecular weight is 320 g/mol. The van der Waals surface area contributed by atoms with Gasteiger partial charge in [-0.2, -0.15) is 5.10 Å². The summed E-state index contributed by atoms with van der Waals surface area (Å²) in [6, 6.07) is 8.32. The molecule has 1 aromatic carbocycles. The van der Waals surface area contributed by atoms with Crippen LogP contribution in [0.25, 0.3) is 6.08 Å². The second-order valence-corrected chi connectivity index (χ2v) is 6.31. The summed E-state index contributed by atoms with van der Waals surface area (Å²) in [6.07, 6.45) is 1.53. The van der Waals surface area contributed by atoms with Crippen molar-refractivity contribution in [1.82, 2.24) is 10.2 Å². The van der Waals surface area contributed by atoms with Crippen LogP contribution in [0.15, 0.2) is 35.2 Å². The van der Waals surface area contributed by atoms with Gasteiger partial charge < -0.3 is 10.5 Å². The second-order valence-electron chi connectivity index (χ2n) is 4.57. The number of ether oxygens (including phenoxy) is 1. The van der Waals surface area contributed by atoms with Crippen molar-refractivity contribution < 1.29 is 17.9 Å². The number of primary amides is 1. The fraction of sp³-hybridized carbons (Fsp3) is 0.0769. The molecule has 3 rings (SSSR count). The molecule has 2 aromatic rings. The van der Waals surface area contributed by atoms with E-state index in [2.05, 4.69) is 14.9 Å². The van der Waals surface area contributed by atoms with Crippen molar-refractivity contribution in [3.8, 4) is 5.75 Å². The molecule has 1 aliphatic rings. The summed E-state index contributed by atoms with van der Waals surface area (Å²) in [5.74, 6) is -0.127. The lowest BCUT2D eigenvalue weighted by Gasteiger charge is -2.17. The number of hydrogen-bond acceptors (Lipinski definition) is 5. The Morgan fingerprint density at radius 3 is 2.86 bits per heavy atom. The van der Waals surface area contributed by atoms with E-state index in [-0.39, 0.29) is 23.0 Å². The van der Waals surface area contributed by atoms with Crippen molar-refractivity contribution in [2.45, 2.75) is 0 Å². The lowest BCUT2D eigenvalue weighted by molar-refractivity contribution is 0.0995. The number of amides is 1. The van der Waals surface area contributed by atoms with Crippen LogP contribution in [0.3, 0.4) is 0 Å². The van der Waals surface area contributed by atoms with Crippen LogP contribution in [0.4, 0.5) is 5.82 Å². The highest BCUT2D eigenvalue weighted by molar-refractivity contribution is 7.96. The molecular weight excluding hydrogens is 308 g/mol. The Kier molecular flexibility index (Phi) is 3.33. The number of nitrogens with zero attached hydrogens (tertiary/aromatic N) is 1. The van der Waals surface area contributed by atoms with Crippen molar-refractivity contribution in [3.05, 3.63) is 46.5 Å². The number of rotatable bonds is 4. The van der Waals surface area contributed by atoms with Gasteiger partial charge in [-0.3, -0.25) is 14.6 Å². The van der Waals surface area contributed by atoms with E-state index in [1.807, 2.05) is 0 Å². The molecule has 0 saturated heterocycles. The average Bonchev–Trinajstić information content (AvgIpc) is 2.95. The zero-order valence-corrected chi connectivity index (χ0v) is 12.1. The molecule has 0 fully saturated rings. The third kappa shape index (κ3) is 2.66. The molecule has 0 radical (unpaired) electrons. The molecule has 0 spiro atoms. The zero-order chi connectivity index (χ0) is 15.7. The number of fused-ring (bicyclic) bond motifs is 1. The van der Waals surface area contributed by atoms with E-state index in [1.54, 1.807) is 24.3 Å². The maximum atomic E-state index is 12.3. The van der Waals surface area contributed by atoms with E-state index in [4.69, 9.17) is 10.5 Å². The zero-order valence-electron chi connectivity index (χ0n) is 11.2. The highest BCUT2D eigenvalue weighted by Crippen LogP contribution is 2.28. The maximum absolute atomic E-state index is 12.3. The molecule has 0 aliphatic carbocycles. The van der Waals surface area contributed by atoms with Crippen molar-refractivity contribution in [1.29, 1.82) is 0 Å². The number of aromatic amines is 1. The normalized spacial score (nSPS) is 13.7. The Morgan fingerprint density at radius 1 is 1.36 bits per heavy atom. The first-order valence-electron chi connectivity index (χ1n) is 6.26. The van der Waals surface area contributed by atoms with Crippen LogP contribution in [0, 0.1) is 0 Å². The molecule has 0 unspecified atom stereocenters. The first kappa shape index (κ1) is 14.1. The summed E-state index contributed by atoms with van der Waals surface area (Å²) in [5.41, 5.74) is 5.75. The number of carbonyl (C=O) groups excluding carboxylic acids is 1. The quantitative estimate of drug-likeness (QED) is 0.763. The van der Waals surface area contributed by atoms with Crippen LogP contribution in [-0.4, -0.2) is 31.1 Å². The minimum absolute atomic E-state index is 0.0110. The lowest BCUT2D eigenvalue weighted by Crippen LogP contribution is -2.21. The highest BCUT2D eigenvalue weighted by Gasteiger charge is 2.23. The van der Waals surface area contributed by atoms with Gasteiger partial charge in [0, 0.05) is 11.6 Å². The topological polar surface area (TPSA) is 127 Å². The monoisotopic (exact) mass is 320 g/mol. The van der Waals surface area contributed by atoms with E-state index in [0.717, 1.165) is 0 Å². The van der Waals surface area contributed by atoms with E-state index >= 15 is 0 Å². The highest BCUT2D eigenvalue weighted by atomic mass is 32.2. The van der Waals surface area contributed by atoms with Gasteiger partial charge in [-0.25, -0.2) is 8.42 Å². The van der Waals surface area contributed by atoms with Gasteiger partial charge in [-0.15, -0.1) is 0 Å². The molecule has 1 amide bonds. The van der Waals surface area contributed by atoms with E-state index in [9.17, 15) is 13.2 Å². The molecule has 1 aromatic heterocycles. The first-order valence-corrected chi connectivity index (χ1v) is 7.74. The minimum Gasteiger partial charge on any atom is -0.487 e. The predicted octanol–water partition coefficient (Wildman–Crippen LogP) is 0.684. The second kappa shape index (κ2) is 5.19. The van der Waals surface area contributed by atoms with Crippen LogP contribution in [0.2, 0.25) is 0 Å². The third-order valence-electron chi connectivity index (χ3n) is 3.03. The molecule has 0 atom stereocenters. The van der Waals surface area contributed by atoms with Gasteiger partial charge >= 0.3 is 0 Å². The number of anilines is 1. The Morgan fingerprint density at radius 2 is 2.14 bits per heavy atom. The van der Waals surface area contributed by atoms with Crippen molar-refractivity contribution in [2.24, 2.45) is 5.73 Å². The molecule has 1 aliphatic heterocycles. The minimum atomic E-state index is -3.84. The smallest absolute Gasteiger partial charge is 0.266 e. The third-order valence-corrected chi connectivity index (χ3v) is 4.44. The number of H-pyrrole nitrogens is 1. The Balaban J connectivity index is 1.87. The Bertz CT molecular complexity index is 870. The summed E-state index contributed by atoms with van der Waals surface area (Å²) in [4.78, 5) is 11.0. The molecule has 22 heavy (non-hydrogen) atoms. The fourth-order valence-electron chi connectivity index (χ4n) is 1.95. The number of aromatic nitrogens is 2. The predicted molar refractivity (Wildman–Crippen MR) is 79.6 cm³/mol. The molecule has 4 N–H and O–H groups in total.